The fourth-order valence-corrected chi connectivity index (χ4v) is 2.71. The number of carbonyl (C=O) groups is 3. The first kappa shape index (κ1) is 14.8. The third-order valence-corrected chi connectivity index (χ3v) is 3.59. The van der Waals surface area contributed by atoms with E-state index < -0.39 is 47.9 Å². The fraction of sp³-hybridized carbons (Fsp3) is 0.727. The van der Waals surface area contributed by atoms with Crippen LogP contribution >= 0.6 is 0 Å². The second kappa shape index (κ2) is 4.72. The SMILES string of the molecule is CCOC(=O)[C@H]1N[C@@H](C(F)(F)F)[C@H]2C(=O)N(C)C(=O)[C@H]21. The maximum atomic E-state index is 13.0. The quantitative estimate of drug-likeness (QED) is 0.558. The summed E-state index contributed by atoms with van der Waals surface area (Å²) in [7, 11) is 1.11. The number of hydrogen-bond donors (Lipinski definition) is 1. The molecular weight excluding hydrogens is 281 g/mol. The van der Waals surface area contributed by atoms with Crippen LogP contribution in [0.4, 0.5) is 13.2 Å². The maximum Gasteiger partial charge on any atom is 0.404 e. The lowest BCUT2D eigenvalue weighted by Crippen LogP contribution is -2.49. The molecule has 0 spiro atoms. The number of nitrogens with one attached hydrogen (secondary N) is 1. The van der Waals surface area contributed by atoms with Gasteiger partial charge in [-0.3, -0.25) is 24.6 Å². The van der Waals surface area contributed by atoms with Crippen molar-refractivity contribution in [1.82, 2.24) is 10.2 Å². The molecule has 2 rings (SSSR count). The van der Waals surface area contributed by atoms with E-state index in [0.717, 1.165) is 7.05 Å². The van der Waals surface area contributed by atoms with Gasteiger partial charge in [0, 0.05) is 7.05 Å². The molecule has 9 heteroatoms. The number of ether oxygens (including phenoxy) is 1. The Kier molecular flexibility index (Phi) is 3.49. The monoisotopic (exact) mass is 294 g/mol. The molecule has 2 saturated heterocycles. The number of alkyl halides is 3. The van der Waals surface area contributed by atoms with Gasteiger partial charge in [0.25, 0.3) is 0 Å². The second-order valence-electron chi connectivity index (χ2n) is 4.70. The molecule has 1 N–H and O–H groups in total. The molecule has 0 radical (unpaired) electrons. The van der Waals surface area contributed by atoms with Crippen LogP contribution in [-0.4, -0.2) is 54.6 Å². The Balaban J connectivity index is 2.37. The zero-order valence-corrected chi connectivity index (χ0v) is 10.7. The standard InChI is InChI=1S/C11H13F3N2O4/c1-3-20-10(19)6-4-5(7(15-6)11(12,13)14)9(18)16(2)8(4)17/h4-7,15H,3H2,1-2H3/t4-,5+,6+,7-/m1/s1. The van der Waals surface area contributed by atoms with Crippen molar-refractivity contribution in [1.29, 1.82) is 0 Å². The first-order chi connectivity index (χ1) is 9.20. The van der Waals surface area contributed by atoms with Crippen molar-refractivity contribution in [2.45, 2.75) is 25.2 Å². The number of carbonyl (C=O) groups excluding carboxylic acids is 3. The van der Waals surface area contributed by atoms with E-state index in [9.17, 15) is 27.6 Å². The highest BCUT2D eigenvalue weighted by atomic mass is 19.4. The maximum absolute atomic E-state index is 13.0. The summed E-state index contributed by atoms with van der Waals surface area (Å²) >= 11 is 0. The van der Waals surface area contributed by atoms with Crippen molar-refractivity contribution in [2.75, 3.05) is 13.7 Å². The van der Waals surface area contributed by atoms with Crippen molar-refractivity contribution in [3.63, 3.8) is 0 Å². The molecule has 0 saturated carbocycles. The number of hydrogen-bond acceptors (Lipinski definition) is 5. The largest absolute Gasteiger partial charge is 0.465 e. The minimum Gasteiger partial charge on any atom is -0.465 e. The Morgan fingerprint density at radius 3 is 2.35 bits per heavy atom. The highest BCUT2D eigenvalue weighted by Gasteiger charge is 2.66. The zero-order chi connectivity index (χ0) is 15.2. The zero-order valence-electron chi connectivity index (χ0n) is 10.7. The number of likely N-dealkylation sites (tertiary alicyclic amines) is 1. The van der Waals surface area contributed by atoms with Crippen LogP contribution in [0.1, 0.15) is 6.92 Å². The van der Waals surface area contributed by atoms with Crippen LogP contribution in [0.15, 0.2) is 0 Å². The van der Waals surface area contributed by atoms with Gasteiger partial charge in [0.2, 0.25) is 11.8 Å². The van der Waals surface area contributed by atoms with Crippen LogP contribution in [0.2, 0.25) is 0 Å². The van der Waals surface area contributed by atoms with Crippen LogP contribution < -0.4 is 5.32 Å². The summed E-state index contributed by atoms with van der Waals surface area (Å²) in [4.78, 5) is 36.0. The molecule has 4 atom stereocenters. The van der Waals surface area contributed by atoms with Gasteiger partial charge >= 0.3 is 12.1 Å². The Hall–Kier alpha value is -1.64. The molecule has 2 aliphatic heterocycles. The van der Waals surface area contributed by atoms with E-state index in [1.165, 1.54) is 6.92 Å². The molecular formula is C11H13F3N2O4. The van der Waals surface area contributed by atoms with E-state index >= 15 is 0 Å². The molecule has 0 aromatic carbocycles. The van der Waals surface area contributed by atoms with Crippen molar-refractivity contribution in [2.24, 2.45) is 11.8 Å². The average molecular weight is 294 g/mol. The average Bonchev–Trinajstić information content (AvgIpc) is 2.84. The van der Waals surface area contributed by atoms with Crippen LogP contribution in [0.5, 0.6) is 0 Å². The summed E-state index contributed by atoms with van der Waals surface area (Å²) in [5.41, 5.74) is 0. The van der Waals surface area contributed by atoms with Crippen LogP contribution in [0, 0.1) is 11.8 Å². The molecule has 0 aromatic rings. The topological polar surface area (TPSA) is 75.7 Å². The molecule has 20 heavy (non-hydrogen) atoms. The summed E-state index contributed by atoms with van der Waals surface area (Å²) in [6, 6.07) is -3.67. The van der Waals surface area contributed by atoms with E-state index in [4.69, 9.17) is 0 Å². The first-order valence-corrected chi connectivity index (χ1v) is 6.01. The van der Waals surface area contributed by atoms with Gasteiger partial charge in [-0.05, 0) is 6.92 Å². The third kappa shape index (κ3) is 2.05. The van der Waals surface area contributed by atoms with Gasteiger partial charge in [0.1, 0.15) is 12.1 Å². The van der Waals surface area contributed by atoms with Gasteiger partial charge in [-0.1, -0.05) is 0 Å². The predicted molar refractivity (Wildman–Crippen MR) is 58.2 cm³/mol. The van der Waals surface area contributed by atoms with Crippen molar-refractivity contribution in [3.8, 4) is 0 Å². The van der Waals surface area contributed by atoms with Gasteiger partial charge in [0.15, 0.2) is 0 Å². The highest BCUT2D eigenvalue weighted by Crippen LogP contribution is 2.42. The van der Waals surface area contributed by atoms with Crippen molar-refractivity contribution in [3.05, 3.63) is 0 Å². The molecule has 0 aromatic heterocycles. The summed E-state index contributed by atoms with van der Waals surface area (Å²) in [5, 5.41) is 2.03. The minimum absolute atomic E-state index is 0.0247. The predicted octanol–water partition coefficient (Wildman–Crippen LogP) is -0.317. The Bertz CT molecular complexity index is 465. The van der Waals surface area contributed by atoms with E-state index in [1.807, 2.05) is 5.32 Å². The van der Waals surface area contributed by atoms with E-state index in [-0.39, 0.29) is 6.61 Å². The van der Waals surface area contributed by atoms with E-state index in [0.29, 0.717) is 4.90 Å². The Labute approximate surface area is 112 Å². The normalized spacial score (nSPS) is 33.5. The molecule has 2 amide bonds. The number of esters is 1. The number of halogens is 3. The number of amides is 2. The van der Waals surface area contributed by atoms with Crippen molar-refractivity contribution >= 4 is 17.8 Å². The molecule has 6 nitrogen and oxygen atoms in total. The van der Waals surface area contributed by atoms with E-state index in [1.54, 1.807) is 0 Å². The van der Waals surface area contributed by atoms with Gasteiger partial charge in [-0.15, -0.1) is 0 Å². The van der Waals surface area contributed by atoms with Crippen LogP contribution in [0.25, 0.3) is 0 Å². The number of fused-ring (bicyclic) bond motifs is 1. The lowest BCUT2D eigenvalue weighted by atomic mass is 9.89. The third-order valence-electron chi connectivity index (χ3n) is 3.59. The fourth-order valence-electron chi connectivity index (χ4n) is 2.71. The number of rotatable bonds is 2. The number of imide groups is 1. The molecule has 2 aliphatic rings. The van der Waals surface area contributed by atoms with Gasteiger partial charge in [-0.25, -0.2) is 0 Å². The Morgan fingerprint density at radius 2 is 1.85 bits per heavy atom. The molecule has 0 bridgehead atoms. The van der Waals surface area contributed by atoms with E-state index in [2.05, 4.69) is 4.74 Å². The van der Waals surface area contributed by atoms with Gasteiger partial charge in [-0.2, -0.15) is 13.2 Å². The highest BCUT2D eigenvalue weighted by molar-refractivity contribution is 6.08. The lowest BCUT2D eigenvalue weighted by molar-refractivity contribution is -0.169. The van der Waals surface area contributed by atoms with Gasteiger partial charge < -0.3 is 4.74 Å². The lowest BCUT2D eigenvalue weighted by Gasteiger charge is -2.21. The van der Waals surface area contributed by atoms with Crippen LogP contribution in [0.3, 0.4) is 0 Å². The summed E-state index contributed by atoms with van der Waals surface area (Å²) in [6.07, 6.45) is -4.73. The molecule has 112 valence electrons. The molecule has 0 aliphatic carbocycles. The molecule has 2 fully saturated rings. The van der Waals surface area contributed by atoms with Crippen molar-refractivity contribution < 1.29 is 32.3 Å². The molecule has 2 heterocycles. The first-order valence-electron chi connectivity index (χ1n) is 6.01. The second-order valence-corrected chi connectivity index (χ2v) is 4.70. The smallest absolute Gasteiger partial charge is 0.404 e. The molecule has 0 unspecified atom stereocenters. The van der Waals surface area contributed by atoms with Gasteiger partial charge in [0.05, 0.1) is 18.4 Å². The van der Waals surface area contributed by atoms with Crippen LogP contribution in [-0.2, 0) is 19.1 Å². The summed E-state index contributed by atoms with van der Waals surface area (Å²) in [6.45, 7) is 1.47. The number of nitrogens with zero attached hydrogens (tertiary/aromatic N) is 1. The summed E-state index contributed by atoms with van der Waals surface area (Å²) < 4.78 is 43.5. The minimum atomic E-state index is -4.73. The summed E-state index contributed by atoms with van der Waals surface area (Å²) in [5.74, 6) is -5.65. The Morgan fingerprint density at radius 1 is 1.30 bits per heavy atom.